The minimum atomic E-state index is -0.630. The van der Waals surface area contributed by atoms with Gasteiger partial charge in [0.1, 0.15) is 11.5 Å². The van der Waals surface area contributed by atoms with E-state index in [4.69, 9.17) is 14.2 Å². The molecule has 0 saturated heterocycles. The molecule has 1 amide bonds. The molecule has 1 N–H and O–H groups in total. The molecule has 0 fully saturated rings. The molecule has 0 saturated carbocycles. The van der Waals surface area contributed by atoms with Crippen LogP contribution in [0.15, 0.2) is 42.5 Å². The van der Waals surface area contributed by atoms with Crippen LogP contribution in [0.2, 0.25) is 0 Å². The second kappa shape index (κ2) is 9.96. The summed E-state index contributed by atoms with van der Waals surface area (Å²) in [6.07, 6.45) is 2.78. The number of carbonyl (C=O) groups excluding carboxylic acids is 2. The summed E-state index contributed by atoms with van der Waals surface area (Å²) in [5, 5.41) is 2.72. The average Bonchev–Trinajstić information content (AvgIpc) is 2.66. The Hall–Kier alpha value is -2.55. The van der Waals surface area contributed by atoms with Crippen molar-refractivity contribution >= 4 is 46.2 Å². The molecule has 2 aromatic rings. The molecule has 0 aromatic heterocycles. The maximum Gasteiger partial charge on any atom is 0.331 e. The standard InChI is InChI=1S/C20H20INO5/c1-13-10-15(21)5-7-17(13)22-19(23)12-27-20(24)9-4-14-11-16(25-2)6-8-18(14)26-3/h4-11H,12H2,1-3H3,(H,22,23)/b9-4+. The number of anilines is 1. The highest BCUT2D eigenvalue weighted by molar-refractivity contribution is 14.1. The number of esters is 1. The molecule has 2 aromatic carbocycles. The van der Waals surface area contributed by atoms with Gasteiger partial charge in [-0.15, -0.1) is 0 Å². The van der Waals surface area contributed by atoms with Crippen LogP contribution in [0.5, 0.6) is 11.5 Å². The minimum Gasteiger partial charge on any atom is -0.497 e. The molecule has 0 aliphatic heterocycles. The summed E-state index contributed by atoms with van der Waals surface area (Å²) < 4.78 is 16.4. The molecule has 0 radical (unpaired) electrons. The van der Waals surface area contributed by atoms with Gasteiger partial charge in [0.15, 0.2) is 6.61 Å². The Bertz CT molecular complexity index is 863. The number of methoxy groups -OCH3 is 2. The van der Waals surface area contributed by atoms with Gasteiger partial charge in [-0.25, -0.2) is 4.79 Å². The number of nitrogens with one attached hydrogen (secondary N) is 1. The maximum absolute atomic E-state index is 12.0. The number of hydrogen-bond acceptors (Lipinski definition) is 5. The van der Waals surface area contributed by atoms with Gasteiger partial charge in [-0.1, -0.05) is 0 Å². The fraction of sp³-hybridized carbons (Fsp3) is 0.200. The fourth-order valence-electron chi connectivity index (χ4n) is 2.27. The van der Waals surface area contributed by atoms with E-state index in [2.05, 4.69) is 27.9 Å². The SMILES string of the molecule is COc1ccc(OC)c(/C=C/C(=O)OCC(=O)Nc2ccc(I)cc2C)c1. The summed E-state index contributed by atoms with van der Waals surface area (Å²) in [4.78, 5) is 23.8. The fourth-order valence-corrected chi connectivity index (χ4v) is 2.91. The number of halogens is 1. The van der Waals surface area contributed by atoms with Crippen molar-refractivity contribution < 1.29 is 23.8 Å². The number of carbonyl (C=O) groups is 2. The average molecular weight is 481 g/mol. The van der Waals surface area contributed by atoms with Crippen LogP contribution in [0.1, 0.15) is 11.1 Å². The summed E-state index contributed by atoms with van der Waals surface area (Å²) in [6.45, 7) is 1.53. The van der Waals surface area contributed by atoms with E-state index in [1.165, 1.54) is 13.2 Å². The van der Waals surface area contributed by atoms with E-state index < -0.39 is 11.9 Å². The Kier molecular flexibility index (Phi) is 7.66. The van der Waals surface area contributed by atoms with E-state index in [9.17, 15) is 9.59 Å². The van der Waals surface area contributed by atoms with Gasteiger partial charge in [-0.3, -0.25) is 4.79 Å². The molecule has 0 aliphatic rings. The quantitative estimate of drug-likeness (QED) is 0.370. The summed E-state index contributed by atoms with van der Waals surface area (Å²) in [5.74, 6) is 0.192. The first-order valence-corrected chi connectivity index (χ1v) is 9.13. The van der Waals surface area contributed by atoms with Gasteiger partial charge >= 0.3 is 5.97 Å². The van der Waals surface area contributed by atoms with Crippen molar-refractivity contribution in [3.63, 3.8) is 0 Å². The molecule has 0 bridgehead atoms. The Morgan fingerprint density at radius 2 is 1.89 bits per heavy atom. The highest BCUT2D eigenvalue weighted by atomic mass is 127. The molecule has 0 heterocycles. The molecule has 7 heteroatoms. The van der Waals surface area contributed by atoms with E-state index in [1.807, 2.05) is 25.1 Å². The largest absolute Gasteiger partial charge is 0.497 e. The summed E-state index contributed by atoms with van der Waals surface area (Å²) in [5.41, 5.74) is 2.28. The second-order valence-electron chi connectivity index (χ2n) is 5.56. The first-order valence-electron chi connectivity index (χ1n) is 8.06. The first kappa shape index (κ1) is 20.8. The van der Waals surface area contributed by atoms with Crippen molar-refractivity contribution in [2.45, 2.75) is 6.92 Å². The number of ether oxygens (including phenoxy) is 3. The highest BCUT2D eigenvalue weighted by Gasteiger charge is 2.08. The van der Waals surface area contributed by atoms with Gasteiger partial charge in [-0.2, -0.15) is 0 Å². The molecule has 0 aliphatic carbocycles. The van der Waals surface area contributed by atoms with Crippen molar-refractivity contribution in [2.75, 3.05) is 26.1 Å². The summed E-state index contributed by atoms with van der Waals surface area (Å²) in [7, 11) is 3.09. The highest BCUT2D eigenvalue weighted by Crippen LogP contribution is 2.25. The van der Waals surface area contributed by atoms with Crippen LogP contribution in [0.3, 0.4) is 0 Å². The zero-order valence-electron chi connectivity index (χ0n) is 15.2. The normalized spacial score (nSPS) is 10.5. The third-order valence-electron chi connectivity index (χ3n) is 3.64. The Morgan fingerprint density at radius 1 is 1.11 bits per heavy atom. The van der Waals surface area contributed by atoms with E-state index in [1.54, 1.807) is 31.4 Å². The number of hydrogen-bond donors (Lipinski definition) is 1. The predicted molar refractivity (Wildman–Crippen MR) is 112 cm³/mol. The first-order chi connectivity index (χ1) is 12.9. The zero-order valence-corrected chi connectivity index (χ0v) is 17.4. The molecule has 0 spiro atoms. The minimum absolute atomic E-state index is 0.371. The second-order valence-corrected chi connectivity index (χ2v) is 6.80. The smallest absolute Gasteiger partial charge is 0.331 e. The molecular weight excluding hydrogens is 461 g/mol. The third kappa shape index (κ3) is 6.28. The molecule has 27 heavy (non-hydrogen) atoms. The van der Waals surface area contributed by atoms with Gasteiger partial charge in [0, 0.05) is 20.9 Å². The predicted octanol–water partition coefficient (Wildman–Crippen LogP) is 3.81. The molecule has 2 rings (SSSR count). The number of aryl methyl sites for hydroxylation is 1. The topological polar surface area (TPSA) is 73.9 Å². The Labute approximate surface area is 171 Å². The maximum atomic E-state index is 12.0. The van der Waals surface area contributed by atoms with Gasteiger partial charge in [0.25, 0.3) is 5.91 Å². The van der Waals surface area contributed by atoms with Crippen molar-refractivity contribution in [3.8, 4) is 11.5 Å². The van der Waals surface area contributed by atoms with E-state index in [-0.39, 0.29) is 6.61 Å². The summed E-state index contributed by atoms with van der Waals surface area (Å²) in [6, 6.07) is 10.9. The van der Waals surface area contributed by atoms with Crippen molar-refractivity contribution in [2.24, 2.45) is 0 Å². The van der Waals surface area contributed by atoms with Gasteiger partial charge in [0.2, 0.25) is 0 Å². The van der Waals surface area contributed by atoms with Crippen LogP contribution < -0.4 is 14.8 Å². The van der Waals surface area contributed by atoms with E-state index in [0.717, 1.165) is 9.13 Å². The lowest BCUT2D eigenvalue weighted by Crippen LogP contribution is -2.20. The lowest BCUT2D eigenvalue weighted by molar-refractivity contribution is -0.142. The van der Waals surface area contributed by atoms with Crippen molar-refractivity contribution in [1.29, 1.82) is 0 Å². The van der Waals surface area contributed by atoms with Gasteiger partial charge < -0.3 is 19.5 Å². The van der Waals surface area contributed by atoms with Crippen LogP contribution in [-0.4, -0.2) is 32.7 Å². The van der Waals surface area contributed by atoms with Gasteiger partial charge in [-0.05, 0) is 77.6 Å². The van der Waals surface area contributed by atoms with E-state index >= 15 is 0 Å². The van der Waals surface area contributed by atoms with Crippen molar-refractivity contribution in [3.05, 3.63) is 57.2 Å². The number of amides is 1. The van der Waals surface area contributed by atoms with Gasteiger partial charge in [0.05, 0.1) is 14.2 Å². The number of rotatable bonds is 7. The van der Waals surface area contributed by atoms with Crippen LogP contribution in [0, 0.1) is 10.5 Å². The van der Waals surface area contributed by atoms with Crippen LogP contribution >= 0.6 is 22.6 Å². The van der Waals surface area contributed by atoms with Crippen LogP contribution in [-0.2, 0) is 14.3 Å². The zero-order chi connectivity index (χ0) is 19.8. The molecule has 6 nitrogen and oxygen atoms in total. The monoisotopic (exact) mass is 481 g/mol. The molecular formula is C20H20INO5. The van der Waals surface area contributed by atoms with Crippen molar-refractivity contribution in [1.82, 2.24) is 0 Å². The Morgan fingerprint density at radius 3 is 2.56 bits per heavy atom. The Balaban J connectivity index is 1.92. The van der Waals surface area contributed by atoms with E-state index in [0.29, 0.717) is 22.7 Å². The third-order valence-corrected chi connectivity index (χ3v) is 4.31. The molecule has 0 unspecified atom stereocenters. The van der Waals surface area contributed by atoms with Crippen LogP contribution in [0.25, 0.3) is 6.08 Å². The van der Waals surface area contributed by atoms with Crippen LogP contribution in [0.4, 0.5) is 5.69 Å². The lowest BCUT2D eigenvalue weighted by Gasteiger charge is -2.09. The molecule has 0 atom stereocenters. The lowest BCUT2D eigenvalue weighted by atomic mass is 10.1. The molecule has 142 valence electrons. The number of benzene rings is 2. The summed E-state index contributed by atoms with van der Waals surface area (Å²) >= 11 is 2.20.